The average Bonchev–Trinajstić information content (AvgIpc) is 2.37. The normalized spacial score (nSPS) is 11.1. The molecule has 0 aliphatic carbocycles. The molecule has 104 valence electrons. The zero-order chi connectivity index (χ0) is 14.3. The van der Waals surface area contributed by atoms with Crippen LogP contribution >= 0.6 is 0 Å². The summed E-state index contributed by atoms with van der Waals surface area (Å²) in [6.07, 6.45) is 0. The molecule has 0 amide bonds. The van der Waals surface area contributed by atoms with E-state index in [9.17, 15) is 0 Å². The lowest BCUT2D eigenvalue weighted by Gasteiger charge is -2.23. The summed E-state index contributed by atoms with van der Waals surface area (Å²) < 4.78 is 15.8. The molecule has 0 aromatic heterocycles. The van der Waals surface area contributed by atoms with Crippen molar-refractivity contribution >= 4 is 0 Å². The molecule has 4 heteroatoms. The molecule has 0 aliphatic rings. The Bertz CT molecular complexity index is 444. The maximum Gasteiger partial charge on any atom is 0.189 e. The van der Waals surface area contributed by atoms with Crippen LogP contribution in [0.5, 0.6) is 5.75 Å². The van der Waals surface area contributed by atoms with Crippen molar-refractivity contribution in [2.24, 2.45) is 0 Å². The third-order valence-electron chi connectivity index (χ3n) is 2.66. The molecule has 19 heavy (non-hydrogen) atoms. The fourth-order valence-corrected chi connectivity index (χ4v) is 1.67. The van der Waals surface area contributed by atoms with Crippen LogP contribution in [0.1, 0.15) is 31.9 Å². The Balaban J connectivity index is 2.82. The maximum atomic E-state index is 9.16. The van der Waals surface area contributed by atoms with Crippen LogP contribution < -0.4 is 4.74 Å². The molecule has 0 aliphatic heterocycles. The second-order valence-electron chi connectivity index (χ2n) is 5.21. The van der Waals surface area contributed by atoms with Gasteiger partial charge in [-0.25, -0.2) is 0 Å². The standard InChI is InChI=1S/C15H21NO3/c1-15(2,3)13-7-5-6-12(10-16)14(13)19-11-18-9-8-17-4/h5-7H,8-9,11H2,1-4H3. The molecular formula is C15H21NO3. The van der Waals surface area contributed by atoms with Crippen LogP contribution in [0.3, 0.4) is 0 Å². The topological polar surface area (TPSA) is 51.5 Å². The third kappa shape index (κ3) is 4.55. The van der Waals surface area contributed by atoms with Gasteiger partial charge in [-0.2, -0.15) is 5.26 Å². The number of nitrogens with zero attached hydrogens (tertiary/aromatic N) is 1. The minimum atomic E-state index is -0.0886. The molecule has 4 nitrogen and oxygen atoms in total. The smallest absolute Gasteiger partial charge is 0.189 e. The van der Waals surface area contributed by atoms with E-state index in [2.05, 4.69) is 26.8 Å². The predicted octanol–water partition coefficient (Wildman–Crippen LogP) is 2.86. The van der Waals surface area contributed by atoms with Gasteiger partial charge in [-0.1, -0.05) is 32.9 Å². The van der Waals surface area contributed by atoms with Crippen molar-refractivity contribution < 1.29 is 14.2 Å². The first-order valence-electron chi connectivity index (χ1n) is 6.23. The van der Waals surface area contributed by atoms with E-state index in [0.717, 1.165) is 5.56 Å². The van der Waals surface area contributed by atoms with Crippen molar-refractivity contribution in [2.45, 2.75) is 26.2 Å². The number of benzene rings is 1. The zero-order valence-corrected chi connectivity index (χ0v) is 12.0. The quantitative estimate of drug-likeness (QED) is 0.585. The van der Waals surface area contributed by atoms with E-state index in [1.807, 2.05) is 12.1 Å². The van der Waals surface area contributed by atoms with Crippen molar-refractivity contribution in [2.75, 3.05) is 27.1 Å². The van der Waals surface area contributed by atoms with Gasteiger partial charge < -0.3 is 14.2 Å². The van der Waals surface area contributed by atoms with E-state index in [-0.39, 0.29) is 12.2 Å². The molecule has 0 unspecified atom stereocenters. The van der Waals surface area contributed by atoms with Crippen molar-refractivity contribution in [3.63, 3.8) is 0 Å². The SMILES string of the molecule is COCCOCOc1c(C#N)cccc1C(C)(C)C. The number of rotatable bonds is 6. The molecule has 0 saturated heterocycles. The molecule has 0 N–H and O–H groups in total. The number of hydrogen-bond donors (Lipinski definition) is 0. The minimum Gasteiger partial charge on any atom is -0.466 e. The van der Waals surface area contributed by atoms with Crippen molar-refractivity contribution in [3.8, 4) is 11.8 Å². The van der Waals surface area contributed by atoms with Crippen LogP contribution in [0.2, 0.25) is 0 Å². The van der Waals surface area contributed by atoms with Crippen LogP contribution in [-0.2, 0) is 14.9 Å². The molecule has 0 atom stereocenters. The predicted molar refractivity (Wildman–Crippen MR) is 73.2 cm³/mol. The first-order valence-corrected chi connectivity index (χ1v) is 6.23. The minimum absolute atomic E-state index is 0.0886. The Morgan fingerprint density at radius 3 is 2.53 bits per heavy atom. The number of ether oxygens (including phenoxy) is 3. The lowest BCUT2D eigenvalue weighted by Crippen LogP contribution is -2.16. The Hall–Kier alpha value is -1.57. The van der Waals surface area contributed by atoms with Crippen molar-refractivity contribution in [1.82, 2.24) is 0 Å². The molecule has 0 spiro atoms. The summed E-state index contributed by atoms with van der Waals surface area (Å²) in [5, 5.41) is 9.16. The fraction of sp³-hybridized carbons (Fsp3) is 0.533. The van der Waals surface area contributed by atoms with Crippen LogP contribution in [0.25, 0.3) is 0 Å². The van der Waals surface area contributed by atoms with Crippen LogP contribution in [-0.4, -0.2) is 27.1 Å². The molecule has 0 fully saturated rings. The molecule has 0 heterocycles. The van der Waals surface area contributed by atoms with Gasteiger partial charge >= 0.3 is 0 Å². The van der Waals surface area contributed by atoms with E-state index in [4.69, 9.17) is 19.5 Å². The van der Waals surface area contributed by atoms with E-state index in [1.54, 1.807) is 13.2 Å². The molecule has 1 aromatic carbocycles. The number of methoxy groups -OCH3 is 1. The largest absolute Gasteiger partial charge is 0.466 e. The van der Waals surface area contributed by atoms with Crippen molar-refractivity contribution in [3.05, 3.63) is 29.3 Å². The van der Waals surface area contributed by atoms with E-state index in [1.165, 1.54) is 0 Å². The first-order chi connectivity index (χ1) is 9.00. The summed E-state index contributed by atoms with van der Waals surface area (Å²) >= 11 is 0. The van der Waals surface area contributed by atoms with Gasteiger partial charge in [0.25, 0.3) is 0 Å². The van der Waals surface area contributed by atoms with Gasteiger partial charge in [-0.3, -0.25) is 0 Å². The van der Waals surface area contributed by atoms with Crippen LogP contribution in [0, 0.1) is 11.3 Å². The summed E-state index contributed by atoms with van der Waals surface area (Å²) in [5.74, 6) is 0.606. The highest BCUT2D eigenvalue weighted by Crippen LogP contribution is 2.33. The highest BCUT2D eigenvalue weighted by molar-refractivity contribution is 5.50. The van der Waals surface area contributed by atoms with Crippen LogP contribution in [0.4, 0.5) is 0 Å². The van der Waals surface area contributed by atoms with E-state index in [0.29, 0.717) is 24.5 Å². The highest BCUT2D eigenvalue weighted by atomic mass is 16.7. The first kappa shape index (κ1) is 15.5. The van der Waals surface area contributed by atoms with E-state index >= 15 is 0 Å². The van der Waals surface area contributed by atoms with Gasteiger partial charge in [0.2, 0.25) is 0 Å². The third-order valence-corrected chi connectivity index (χ3v) is 2.66. The van der Waals surface area contributed by atoms with Gasteiger partial charge in [0.05, 0.1) is 18.8 Å². The molecule has 1 rings (SSSR count). The average molecular weight is 263 g/mol. The Labute approximate surface area is 114 Å². The number of nitriles is 1. The Morgan fingerprint density at radius 1 is 1.21 bits per heavy atom. The number of hydrogen-bond acceptors (Lipinski definition) is 4. The molecule has 0 saturated carbocycles. The summed E-state index contributed by atoms with van der Waals surface area (Å²) in [4.78, 5) is 0. The lowest BCUT2D eigenvalue weighted by molar-refractivity contribution is -0.00930. The lowest BCUT2D eigenvalue weighted by atomic mass is 9.85. The second-order valence-corrected chi connectivity index (χ2v) is 5.21. The summed E-state index contributed by atoms with van der Waals surface area (Å²) in [6, 6.07) is 7.75. The van der Waals surface area contributed by atoms with Gasteiger partial charge in [0, 0.05) is 12.7 Å². The Morgan fingerprint density at radius 2 is 1.95 bits per heavy atom. The van der Waals surface area contributed by atoms with Crippen LogP contribution in [0.15, 0.2) is 18.2 Å². The van der Waals surface area contributed by atoms with Gasteiger partial charge in [0.1, 0.15) is 11.8 Å². The van der Waals surface area contributed by atoms with Gasteiger partial charge in [-0.05, 0) is 11.5 Å². The maximum absolute atomic E-state index is 9.16. The number of para-hydroxylation sites is 1. The Kier molecular flexibility index (Phi) is 5.81. The molecule has 0 bridgehead atoms. The second kappa shape index (κ2) is 7.13. The zero-order valence-electron chi connectivity index (χ0n) is 12.0. The summed E-state index contributed by atoms with van der Waals surface area (Å²) in [5.41, 5.74) is 1.44. The van der Waals surface area contributed by atoms with Gasteiger partial charge in [0.15, 0.2) is 6.79 Å². The summed E-state index contributed by atoms with van der Waals surface area (Å²) in [6.45, 7) is 7.36. The van der Waals surface area contributed by atoms with Crippen molar-refractivity contribution in [1.29, 1.82) is 5.26 Å². The molecule has 0 radical (unpaired) electrons. The molecule has 1 aromatic rings. The molecular weight excluding hydrogens is 242 g/mol. The van der Waals surface area contributed by atoms with Gasteiger partial charge in [-0.15, -0.1) is 0 Å². The highest BCUT2D eigenvalue weighted by Gasteiger charge is 2.21. The van der Waals surface area contributed by atoms with E-state index < -0.39 is 0 Å². The monoisotopic (exact) mass is 263 g/mol. The fourth-order valence-electron chi connectivity index (χ4n) is 1.67. The summed E-state index contributed by atoms with van der Waals surface area (Å²) in [7, 11) is 1.62.